The van der Waals surface area contributed by atoms with E-state index in [1.165, 1.54) is 180 Å². The molecule has 0 fully saturated rings. The zero-order chi connectivity index (χ0) is 36.0. The number of hydrogen-bond donors (Lipinski definition) is 0. The molecular weight excluding hydrogens is 630 g/mol. The first kappa shape index (κ1) is 53.7. The largest absolute Gasteiger partial charge is 1.00 e. The molecule has 1 aromatic rings. The van der Waals surface area contributed by atoms with Gasteiger partial charge in [0.2, 0.25) is 0 Å². The van der Waals surface area contributed by atoms with Crippen molar-refractivity contribution in [3.63, 3.8) is 0 Å². The molecular formula is C46H84Li2O4. The molecule has 0 bridgehead atoms. The van der Waals surface area contributed by atoms with Crippen LogP contribution in [-0.2, 0) is 0 Å². The van der Waals surface area contributed by atoms with Crippen molar-refractivity contribution in [3.05, 3.63) is 12.1 Å². The summed E-state index contributed by atoms with van der Waals surface area (Å²) in [6, 6.07) is 6.94. The Kier molecular flexibility index (Phi) is 44.8. The molecule has 52 heavy (non-hydrogen) atoms. The van der Waals surface area contributed by atoms with Crippen molar-refractivity contribution >= 4 is 0 Å². The summed E-state index contributed by atoms with van der Waals surface area (Å²) in [4.78, 5) is 0. The van der Waals surface area contributed by atoms with Gasteiger partial charge in [0.1, 0.15) is 0 Å². The summed E-state index contributed by atoms with van der Waals surface area (Å²) in [7, 11) is 0. The van der Waals surface area contributed by atoms with E-state index in [9.17, 15) is 0 Å². The monoisotopic (exact) mass is 715 g/mol. The predicted octanol–water partition coefficient (Wildman–Crippen LogP) is 9.37. The Balaban J connectivity index is 0. The van der Waals surface area contributed by atoms with Crippen LogP contribution >= 0.6 is 0 Å². The Bertz CT molecular complexity index is 707. The number of benzene rings is 1. The molecule has 0 spiro atoms. The molecule has 0 atom stereocenters. The molecule has 6 heteroatoms. The minimum absolute atomic E-state index is 0. The van der Waals surface area contributed by atoms with E-state index in [1.807, 2.05) is 0 Å². The van der Waals surface area contributed by atoms with Gasteiger partial charge in [0, 0.05) is 0 Å². The van der Waals surface area contributed by atoms with E-state index in [4.69, 9.17) is 18.9 Å². The van der Waals surface area contributed by atoms with Gasteiger partial charge in [-0.1, -0.05) is 230 Å². The van der Waals surface area contributed by atoms with Crippen LogP contribution in [0.5, 0.6) is 23.0 Å². The average molecular weight is 715 g/mol. The smallest absolute Gasteiger partial charge is 0.573 e. The van der Waals surface area contributed by atoms with Crippen LogP contribution in [0.25, 0.3) is 0 Å². The third-order valence-electron chi connectivity index (χ3n) is 9.84. The van der Waals surface area contributed by atoms with Gasteiger partial charge >= 0.3 is 37.7 Å². The Morgan fingerprint density at radius 2 is 0.404 bits per heavy atom. The van der Waals surface area contributed by atoms with Crippen molar-refractivity contribution in [2.45, 2.75) is 233 Å². The average Bonchev–Trinajstić information content (AvgIpc) is 3.13. The van der Waals surface area contributed by atoms with Gasteiger partial charge in [0.05, 0.1) is 26.4 Å². The SMILES string of the molecule is CCCCCCCCCCOc1[c-]c(OCCCCCCCCCC)c(OCCCCCCCCCC)[c-]c1OCCCCCCCCCC.[Li+].[Li+]. The Labute approximate surface area is 349 Å². The first-order valence-electron chi connectivity index (χ1n) is 22.3. The molecule has 1 aromatic carbocycles. The van der Waals surface area contributed by atoms with Crippen molar-refractivity contribution in [2.24, 2.45) is 0 Å². The van der Waals surface area contributed by atoms with Crippen LogP contribution in [0, 0.1) is 12.1 Å². The van der Waals surface area contributed by atoms with Crippen LogP contribution in [0.1, 0.15) is 233 Å². The van der Waals surface area contributed by atoms with Crippen LogP contribution in [0.4, 0.5) is 0 Å². The van der Waals surface area contributed by atoms with Crippen molar-refractivity contribution in [2.75, 3.05) is 26.4 Å². The zero-order valence-electron chi connectivity index (χ0n) is 36.1. The van der Waals surface area contributed by atoms with Crippen molar-refractivity contribution < 1.29 is 56.7 Å². The van der Waals surface area contributed by atoms with Gasteiger partial charge in [0.15, 0.2) is 0 Å². The molecule has 0 radical (unpaired) electrons. The first-order chi connectivity index (χ1) is 24.8. The van der Waals surface area contributed by atoms with E-state index < -0.39 is 0 Å². The topological polar surface area (TPSA) is 36.9 Å². The molecule has 1 rings (SSSR count). The molecule has 0 saturated heterocycles. The van der Waals surface area contributed by atoms with E-state index in [-0.39, 0.29) is 37.7 Å². The summed E-state index contributed by atoms with van der Waals surface area (Å²) in [6.07, 6.45) is 41.0. The maximum Gasteiger partial charge on any atom is 1.00 e. The van der Waals surface area contributed by atoms with Crippen LogP contribution in [0.15, 0.2) is 0 Å². The number of unbranched alkanes of at least 4 members (excludes halogenated alkanes) is 28. The Hall–Kier alpha value is -0.385. The Morgan fingerprint density at radius 3 is 0.577 bits per heavy atom. The normalized spacial score (nSPS) is 10.8. The van der Waals surface area contributed by atoms with Crippen molar-refractivity contribution in [1.82, 2.24) is 0 Å². The van der Waals surface area contributed by atoms with Gasteiger partial charge < -0.3 is 18.9 Å². The fourth-order valence-corrected chi connectivity index (χ4v) is 6.48. The standard InChI is InChI=1S/C46H84O4.2Li/c1-5-9-13-17-21-25-29-33-37-47-43-41-45(49-39-35-31-27-23-19-15-11-7-3)46(50-40-36-32-28-24-20-16-12-8-4)42-44(43)48-38-34-30-26-22-18-14-10-6-2;;/h5-40H2,1-4H3;;/q-2;2*+1. The Morgan fingerprint density at radius 1 is 0.250 bits per heavy atom. The molecule has 0 unspecified atom stereocenters. The molecule has 0 heterocycles. The van der Waals surface area contributed by atoms with E-state index in [0.29, 0.717) is 49.4 Å². The summed E-state index contributed by atoms with van der Waals surface area (Å²) in [5, 5.41) is 0. The third-order valence-corrected chi connectivity index (χ3v) is 9.84. The maximum atomic E-state index is 6.35. The number of ether oxygens (including phenoxy) is 4. The summed E-state index contributed by atoms with van der Waals surface area (Å²) >= 11 is 0. The minimum atomic E-state index is 0. The van der Waals surface area contributed by atoms with Gasteiger partial charge in [0.25, 0.3) is 0 Å². The van der Waals surface area contributed by atoms with E-state index in [2.05, 4.69) is 39.8 Å². The van der Waals surface area contributed by atoms with Gasteiger partial charge in [-0.3, -0.25) is 0 Å². The van der Waals surface area contributed by atoms with E-state index >= 15 is 0 Å². The van der Waals surface area contributed by atoms with Crippen molar-refractivity contribution in [3.8, 4) is 23.0 Å². The fraction of sp³-hybridized carbons (Fsp3) is 0.870. The quantitative estimate of drug-likeness (QED) is 0.0386. The third kappa shape index (κ3) is 33.0. The van der Waals surface area contributed by atoms with Gasteiger partial charge in [-0.2, -0.15) is 0 Å². The molecule has 0 amide bonds. The summed E-state index contributed by atoms with van der Waals surface area (Å²) in [6.45, 7) is 11.8. The second-order valence-electron chi connectivity index (χ2n) is 14.9. The minimum Gasteiger partial charge on any atom is -0.573 e. The van der Waals surface area contributed by atoms with Crippen LogP contribution < -0.4 is 56.7 Å². The van der Waals surface area contributed by atoms with Crippen LogP contribution in [0.3, 0.4) is 0 Å². The molecule has 0 N–H and O–H groups in total. The second kappa shape index (κ2) is 43.3. The maximum absolute atomic E-state index is 6.35. The van der Waals surface area contributed by atoms with Gasteiger partial charge in [-0.05, 0) is 25.7 Å². The van der Waals surface area contributed by atoms with Gasteiger partial charge in [-0.15, -0.1) is 0 Å². The van der Waals surface area contributed by atoms with Crippen LogP contribution in [0.2, 0.25) is 0 Å². The predicted molar refractivity (Wildman–Crippen MR) is 217 cm³/mol. The fourth-order valence-electron chi connectivity index (χ4n) is 6.48. The zero-order valence-corrected chi connectivity index (χ0v) is 36.1. The molecule has 0 saturated carbocycles. The molecule has 4 nitrogen and oxygen atoms in total. The molecule has 0 aliphatic rings. The molecule has 0 aromatic heterocycles. The van der Waals surface area contributed by atoms with Crippen LogP contribution in [-0.4, -0.2) is 26.4 Å². The van der Waals surface area contributed by atoms with E-state index in [0.717, 1.165) is 25.7 Å². The molecule has 0 aliphatic heterocycles. The number of rotatable bonds is 40. The summed E-state index contributed by atoms with van der Waals surface area (Å²) < 4.78 is 25.4. The van der Waals surface area contributed by atoms with Gasteiger partial charge in [-0.25, -0.2) is 12.1 Å². The molecule has 294 valence electrons. The summed E-state index contributed by atoms with van der Waals surface area (Å²) in [5.74, 6) is 2.55. The second-order valence-corrected chi connectivity index (χ2v) is 14.9. The first-order valence-corrected chi connectivity index (χ1v) is 22.3. The van der Waals surface area contributed by atoms with Crippen molar-refractivity contribution in [1.29, 1.82) is 0 Å². The summed E-state index contributed by atoms with van der Waals surface area (Å²) in [5.41, 5.74) is 0. The molecule has 0 aliphatic carbocycles. The number of hydrogen-bond acceptors (Lipinski definition) is 4. The van der Waals surface area contributed by atoms with E-state index in [1.54, 1.807) is 0 Å².